The molecule has 4 unspecified atom stereocenters. The summed E-state index contributed by atoms with van der Waals surface area (Å²) in [5, 5.41) is 3.82. The summed E-state index contributed by atoms with van der Waals surface area (Å²) in [5.74, 6) is 1.22. The van der Waals surface area contributed by atoms with Gasteiger partial charge in [-0.3, -0.25) is 9.78 Å². The van der Waals surface area contributed by atoms with E-state index in [1.807, 2.05) is 0 Å². The molecule has 1 N–H and O–H groups in total. The van der Waals surface area contributed by atoms with E-state index >= 15 is 0 Å². The van der Waals surface area contributed by atoms with Gasteiger partial charge in [-0.15, -0.1) is 0 Å². The maximum atomic E-state index is 13.1. The van der Waals surface area contributed by atoms with Crippen molar-refractivity contribution in [2.24, 2.45) is 17.8 Å². The van der Waals surface area contributed by atoms with Gasteiger partial charge in [0.05, 0.1) is 18.8 Å². The lowest BCUT2D eigenvalue weighted by Crippen LogP contribution is -2.48. The fourth-order valence-electron chi connectivity index (χ4n) is 5.85. The second-order valence-corrected chi connectivity index (χ2v) is 9.37. The Labute approximate surface area is 174 Å². The number of aromatic nitrogens is 1. The van der Waals surface area contributed by atoms with Gasteiger partial charge in [-0.05, 0) is 55.6 Å². The third kappa shape index (κ3) is 3.84. The Morgan fingerprint density at radius 2 is 1.93 bits per heavy atom. The van der Waals surface area contributed by atoms with E-state index in [2.05, 4.69) is 10.3 Å². The average molecular weight is 423 g/mol. The van der Waals surface area contributed by atoms with Crippen LogP contribution in [-0.4, -0.2) is 47.6 Å². The fraction of sp³-hybridized carbons (Fsp3) is 0.727. The molecule has 5 nitrogen and oxygen atoms in total. The number of halogens is 3. The molecule has 3 fully saturated rings. The van der Waals surface area contributed by atoms with Gasteiger partial charge in [0, 0.05) is 49.4 Å². The number of hydrogen-bond acceptors (Lipinski definition) is 4. The van der Waals surface area contributed by atoms with Crippen LogP contribution in [-0.2, 0) is 28.7 Å². The summed E-state index contributed by atoms with van der Waals surface area (Å²) in [6.45, 7) is 2.43. The van der Waals surface area contributed by atoms with Gasteiger partial charge in [0.15, 0.2) is 0 Å². The van der Waals surface area contributed by atoms with Crippen LogP contribution in [0, 0.1) is 17.8 Å². The quantitative estimate of drug-likeness (QED) is 0.812. The first kappa shape index (κ1) is 20.2. The van der Waals surface area contributed by atoms with Gasteiger partial charge in [-0.1, -0.05) is 0 Å². The van der Waals surface area contributed by atoms with Gasteiger partial charge >= 0.3 is 6.18 Å². The molecule has 4 aliphatic rings. The molecule has 3 heterocycles. The second-order valence-electron chi connectivity index (χ2n) is 9.37. The number of carbonyl (C=O) groups is 1. The molecule has 1 amide bonds. The molecular formula is C22H28F3N3O2. The van der Waals surface area contributed by atoms with Crippen molar-refractivity contribution in [3.63, 3.8) is 0 Å². The average Bonchev–Trinajstić information content (AvgIpc) is 3.26. The number of alkyl halides is 3. The van der Waals surface area contributed by atoms with Crippen LogP contribution in [0.3, 0.4) is 0 Å². The molecule has 0 spiro atoms. The first-order chi connectivity index (χ1) is 14.4. The number of pyridine rings is 1. The Morgan fingerprint density at radius 3 is 2.67 bits per heavy atom. The molecule has 2 bridgehead atoms. The molecule has 0 aromatic carbocycles. The van der Waals surface area contributed by atoms with Crippen LogP contribution in [0.25, 0.3) is 0 Å². The lowest BCUT2D eigenvalue weighted by atomic mass is 9.95. The highest BCUT2D eigenvalue weighted by Crippen LogP contribution is 2.38. The van der Waals surface area contributed by atoms with E-state index in [0.29, 0.717) is 48.1 Å². The van der Waals surface area contributed by atoms with Crippen LogP contribution in [0.5, 0.6) is 0 Å². The fourth-order valence-corrected chi connectivity index (χ4v) is 5.85. The molecule has 1 saturated heterocycles. The summed E-state index contributed by atoms with van der Waals surface area (Å²) in [4.78, 5) is 18.8. The second kappa shape index (κ2) is 7.79. The Kier molecular flexibility index (Phi) is 5.25. The van der Waals surface area contributed by atoms with E-state index < -0.39 is 11.7 Å². The number of nitrogens with zero attached hydrogens (tertiary/aromatic N) is 2. The lowest BCUT2D eigenvalue weighted by Gasteiger charge is -2.33. The van der Waals surface area contributed by atoms with Crippen molar-refractivity contribution >= 4 is 5.91 Å². The summed E-state index contributed by atoms with van der Waals surface area (Å²) in [6.07, 6.45) is 2.09. The third-order valence-electron chi connectivity index (χ3n) is 7.48. The van der Waals surface area contributed by atoms with Gasteiger partial charge in [0.25, 0.3) is 0 Å². The lowest BCUT2D eigenvalue weighted by molar-refractivity contribution is -0.137. The number of amides is 1. The monoisotopic (exact) mass is 423 g/mol. The molecule has 4 atom stereocenters. The van der Waals surface area contributed by atoms with Crippen molar-refractivity contribution in [3.05, 3.63) is 29.1 Å². The molecule has 1 aromatic heterocycles. The molecule has 2 aliphatic heterocycles. The first-order valence-electron chi connectivity index (χ1n) is 11.1. The minimum atomic E-state index is -4.41. The molecule has 2 saturated carbocycles. The minimum absolute atomic E-state index is 0.0414. The van der Waals surface area contributed by atoms with Crippen molar-refractivity contribution in [2.45, 2.75) is 63.3 Å². The van der Waals surface area contributed by atoms with Gasteiger partial charge < -0.3 is 15.0 Å². The highest BCUT2D eigenvalue weighted by molar-refractivity contribution is 5.79. The van der Waals surface area contributed by atoms with E-state index in [-0.39, 0.29) is 18.4 Å². The van der Waals surface area contributed by atoms with E-state index in [9.17, 15) is 18.0 Å². The Hall–Kier alpha value is -1.67. The third-order valence-corrected chi connectivity index (χ3v) is 7.48. The molecule has 164 valence electrons. The number of carbonyl (C=O) groups excluding carboxylic acids is 1. The summed E-state index contributed by atoms with van der Waals surface area (Å²) in [6, 6.07) is 2.01. The van der Waals surface area contributed by atoms with Crippen LogP contribution < -0.4 is 5.32 Å². The molecule has 0 radical (unpaired) electrons. The number of fused-ring (bicyclic) bond motifs is 3. The van der Waals surface area contributed by atoms with Crippen LogP contribution >= 0.6 is 0 Å². The summed E-state index contributed by atoms with van der Waals surface area (Å²) in [5.41, 5.74) is 0.454. The molecule has 30 heavy (non-hydrogen) atoms. The number of rotatable bonds is 3. The summed E-state index contributed by atoms with van der Waals surface area (Å²) < 4.78 is 44.7. The molecule has 8 heteroatoms. The molecule has 1 aromatic rings. The first-order valence-corrected chi connectivity index (χ1v) is 11.1. The minimum Gasteiger partial charge on any atom is -0.381 e. The normalized spacial score (nSPS) is 33.6. The van der Waals surface area contributed by atoms with E-state index in [0.717, 1.165) is 44.7 Å². The number of nitrogens with one attached hydrogen (secondary N) is 1. The summed E-state index contributed by atoms with van der Waals surface area (Å²) >= 11 is 0. The predicted molar refractivity (Wildman–Crippen MR) is 103 cm³/mol. The maximum Gasteiger partial charge on any atom is 0.417 e. The highest BCUT2D eigenvalue weighted by atomic mass is 19.4. The van der Waals surface area contributed by atoms with Crippen LogP contribution in [0.1, 0.15) is 48.9 Å². The van der Waals surface area contributed by atoms with Crippen molar-refractivity contribution in [1.29, 1.82) is 0 Å². The van der Waals surface area contributed by atoms with Crippen LogP contribution in [0.2, 0.25) is 0 Å². The Morgan fingerprint density at radius 1 is 1.17 bits per heavy atom. The largest absolute Gasteiger partial charge is 0.417 e. The van der Waals surface area contributed by atoms with Crippen molar-refractivity contribution in [1.82, 2.24) is 15.2 Å². The Bertz CT molecular complexity index is 799. The smallest absolute Gasteiger partial charge is 0.381 e. The zero-order valence-corrected chi connectivity index (χ0v) is 17.0. The number of hydrogen-bond donors (Lipinski definition) is 1. The Balaban J connectivity index is 1.20. The van der Waals surface area contributed by atoms with Crippen LogP contribution in [0.15, 0.2) is 12.3 Å². The highest BCUT2D eigenvalue weighted by Gasteiger charge is 2.42. The summed E-state index contributed by atoms with van der Waals surface area (Å²) in [7, 11) is 0. The van der Waals surface area contributed by atoms with E-state index in [1.165, 1.54) is 12.8 Å². The zero-order chi connectivity index (χ0) is 20.9. The van der Waals surface area contributed by atoms with Crippen molar-refractivity contribution in [3.8, 4) is 0 Å². The standard InChI is InChI=1S/C22H28F3N3O2/c23-22(24,25)17-7-16-10-28(6-5-19(16)26-9-17)21(29)13-3-4-18(8-13)27-20-14-1-2-15(20)12-30-11-14/h7,9,13-15,18,20,27H,1-6,8,10-12H2. The SMILES string of the molecule is O=C(C1CCC(NC2C3CCC2COC3)C1)N1CCc2ncc(C(F)(F)F)cc2C1. The van der Waals surface area contributed by atoms with Gasteiger partial charge in [-0.25, -0.2) is 0 Å². The van der Waals surface area contributed by atoms with Gasteiger partial charge in [0.1, 0.15) is 0 Å². The van der Waals surface area contributed by atoms with E-state index in [4.69, 9.17) is 4.74 Å². The molecule has 5 rings (SSSR count). The topological polar surface area (TPSA) is 54.5 Å². The predicted octanol–water partition coefficient (Wildman–Crippen LogP) is 3.17. The van der Waals surface area contributed by atoms with E-state index in [1.54, 1.807) is 4.90 Å². The molecular weight excluding hydrogens is 395 g/mol. The van der Waals surface area contributed by atoms with Gasteiger partial charge in [-0.2, -0.15) is 13.2 Å². The van der Waals surface area contributed by atoms with Crippen LogP contribution in [0.4, 0.5) is 13.2 Å². The van der Waals surface area contributed by atoms with Gasteiger partial charge in [0.2, 0.25) is 5.91 Å². The maximum absolute atomic E-state index is 13.1. The zero-order valence-electron chi connectivity index (χ0n) is 17.0. The molecule has 2 aliphatic carbocycles. The number of ether oxygens (including phenoxy) is 1. The van der Waals surface area contributed by atoms with Crippen molar-refractivity contribution < 1.29 is 22.7 Å². The van der Waals surface area contributed by atoms with Crippen molar-refractivity contribution in [2.75, 3.05) is 19.8 Å².